The first kappa shape index (κ1) is 20.5. The van der Waals surface area contributed by atoms with Crippen molar-refractivity contribution in [1.29, 1.82) is 0 Å². The van der Waals surface area contributed by atoms with Gasteiger partial charge in [-0.2, -0.15) is 4.68 Å². The number of carbonyl (C=O) groups is 2. The van der Waals surface area contributed by atoms with Gasteiger partial charge in [-0.1, -0.05) is 35.9 Å². The third-order valence-electron chi connectivity index (χ3n) is 4.28. The van der Waals surface area contributed by atoms with E-state index < -0.39 is 5.97 Å². The molecule has 2 aromatic heterocycles. The maximum Gasteiger partial charge on any atom is 0.337 e. The van der Waals surface area contributed by atoms with Gasteiger partial charge < -0.3 is 10.4 Å². The van der Waals surface area contributed by atoms with Crippen LogP contribution in [-0.4, -0.2) is 37.1 Å². The fourth-order valence-corrected chi connectivity index (χ4v) is 3.69. The summed E-state index contributed by atoms with van der Waals surface area (Å²) in [7, 11) is 0. The number of carbonyl (C=O) groups excluding carboxylic acids is 1. The molecule has 4 aromatic rings. The zero-order valence-corrected chi connectivity index (χ0v) is 17.3. The quantitative estimate of drug-likeness (QED) is 0.316. The number of nitrogens with zero attached hydrogens (tertiary/aromatic N) is 4. The number of halogens is 1. The lowest BCUT2D eigenvalue weighted by molar-refractivity contribution is 0.0698. The molecule has 154 valence electrons. The van der Waals surface area contributed by atoms with E-state index in [9.17, 15) is 14.7 Å². The van der Waals surface area contributed by atoms with Crippen LogP contribution >= 0.6 is 22.9 Å². The average molecular weight is 452 g/mol. The highest BCUT2D eigenvalue weighted by Gasteiger charge is 2.23. The molecule has 0 spiro atoms. The van der Waals surface area contributed by atoms with Gasteiger partial charge in [-0.25, -0.2) is 4.79 Å². The summed E-state index contributed by atoms with van der Waals surface area (Å²) in [5.41, 5.74) is 1.07. The molecule has 2 heterocycles. The summed E-state index contributed by atoms with van der Waals surface area (Å²) in [6.07, 6.45) is 1.39. The van der Waals surface area contributed by atoms with Gasteiger partial charge in [0.05, 0.1) is 27.4 Å². The number of hydrogen-bond acceptors (Lipinski definition) is 7. The molecule has 0 radical (unpaired) electrons. The largest absolute Gasteiger partial charge is 0.478 e. The first-order valence-electron chi connectivity index (χ1n) is 8.96. The van der Waals surface area contributed by atoms with Crippen molar-refractivity contribution in [3.8, 4) is 5.69 Å². The predicted octanol–water partition coefficient (Wildman–Crippen LogP) is 4.41. The molecule has 0 fully saturated rings. The fraction of sp³-hybridized carbons (Fsp3) is 0. The van der Waals surface area contributed by atoms with E-state index in [4.69, 9.17) is 11.6 Å². The Morgan fingerprint density at radius 3 is 2.61 bits per heavy atom. The zero-order valence-electron chi connectivity index (χ0n) is 15.8. The second-order valence-electron chi connectivity index (χ2n) is 6.25. The van der Waals surface area contributed by atoms with Crippen LogP contribution in [-0.2, 0) is 0 Å². The van der Waals surface area contributed by atoms with Gasteiger partial charge in [0.25, 0.3) is 0 Å². The third kappa shape index (κ3) is 4.37. The molecule has 0 aliphatic rings. The van der Waals surface area contributed by atoms with Crippen molar-refractivity contribution in [2.45, 2.75) is 0 Å². The lowest BCUT2D eigenvalue weighted by Gasteiger charge is -2.10. The van der Waals surface area contributed by atoms with Crippen LogP contribution in [0.4, 0.5) is 5.69 Å². The summed E-state index contributed by atoms with van der Waals surface area (Å²) in [6, 6.07) is 16.9. The number of benzene rings is 2. The molecule has 0 unspecified atom stereocenters. The second kappa shape index (κ2) is 8.90. The number of nitrogens with one attached hydrogen (secondary N) is 1. The van der Waals surface area contributed by atoms with Crippen LogP contribution in [0.15, 0.2) is 72.2 Å². The van der Waals surface area contributed by atoms with Crippen LogP contribution < -0.4 is 5.32 Å². The number of carboxylic acid groups (broad SMARTS) is 1. The van der Waals surface area contributed by atoms with Crippen molar-refractivity contribution in [3.05, 3.63) is 93.5 Å². The number of anilines is 1. The van der Waals surface area contributed by atoms with Crippen LogP contribution in [0.5, 0.6) is 0 Å². The van der Waals surface area contributed by atoms with Gasteiger partial charge in [-0.15, -0.1) is 16.4 Å². The Kier molecular flexibility index (Phi) is 5.87. The lowest BCUT2D eigenvalue weighted by Crippen LogP contribution is -2.11. The van der Waals surface area contributed by atoms with E-state index in [-0.39, 0.29) is 28.4 Å². The molecule has 0 aliphatic carbocycles. The van der Waals surface area contributed by atoms with Crippen LogP contribution in [0.2, 0.25) is 5.02 Å². The number of hydrogen-bond donors (Lipinski definition) is 2. The molecule has 0 saturated heterocycles. The van der Waals surface area contributed by atoms with Crippen LogP contribution in [0.1, 0.15) is 25.9 Å². The van der Waals surface area contributed by atoms with Gasteiger partial charge in [0.1, 0.15) is 0 Å². The summed E-state index contributed by atoms with van der Waals surface area (Å²) in [4.78, 5) is 25.3. The maximum absolute atomic E-state index is 13.2. The predicted molar refractivity (Wildman–Crippen MR) is 118 cm³/mol. The summed E-state index contributed by atoms with van der Waals surface area (Å²) >= 11 is 7.31. The minimum atomic E-state index is -1.13. The minimum absolute atomic E-state index is 0.00576. The molecule has 10 heteroatoms. The van der Waals surface area contributed by atoms with E-state index in [1.807, 2.05) is 18.2 Å². The van der Waals surface area contributed by atoms with Crippen molar-refractivity contribution in [2.24, 2.45) is 0 Å². The molecule has 0 bridgehead atoms. The molecule has 31 heavy (non-hydrogen) atoms. The Bertz CT molecular complexity index is 1270. The summed E-state index contributed by atoms with van der Waals surface area (Å²) < 4.78 is 1.44. The van der Waals surface area contributed by atoms with Crippen LogP contribution in [0.25, 0.3) is 11.3 Å². The molecule has 8 nitrogen and oxygen atoms in total. The summed E-state index contributed by atoms with van der Waals surface area (Å²) in [5, 5.41) is 26.3. The zero-order chi connectivity index (χ0) is 21.8. The van der Waals surface area contributed by atoms with Crippen molar-refractivity contribution < 1.29 is 14.7 Å². The number of rotatable bonds is 7. The van der Waals surface area contributed by atoms with E-state index in [2.05, 4.69) is 20.8 Å². The van der Waals surface area contributed by atoms with Gasteiger partial charge in [-0.3, -0.25) is 4.79 Å². The first-order chi connectivity index (χ1) is 15.0. The number of carboxylic acids is 1. The fourth-order valence-electron chi connectivity index (χ4n) is 2.84. The molecule has 2 aromatic carbocycles. The number of thiophene rings is 1. The van der Waals surface area contributed by atoms with Gasteiger partial charge in [0.2, 0.25) is 5.78 Å². The molecular formula is C21H14ClN5O3S. The first-order valence-corrected chi connectivity index (χ1v) is 10.2. The van der Waals surface area contributed by atoms with E-state index in [0.717, 1.165) is 0 Å². The van der Waals surface area contributed by atoms with Crippen molar-refractivity contribution >= 4 is 46.0 Å². The van der Waals surface area contributed by atoms with Gasteiger partial charge in [0, 0.05) is 11.2 Å². The summed E-state index contributed by atoms with van der Waals surface area (Å²) in [6.45, 7) is 0. The molecule has 4 rings (SSSR count). The average Bonchev–Trinajstić information content (AvgIpc) is 3.47. The van der Waals surface area contributed by atoms with Gasteiger partial charge in [-0.05, 0) is 52.2 Å². The number of aromatic nitrogens is 4. The van der Waals surface area contributed by atoms with Gasteiger partial charge >= 0.3 is 5.97 Å². The number of aromatic carboxylic acids is 1. The Labute approximate surface area is 185 Å². The highest BCUT2D eigenvalue weighted by Crippen LogP contribution is 2.25. The Morgan fingerprint density at radius 1 is 1.10 bits per heavy atom. The molecular weight excluding hydrogens is 438 g/mol. The van der Waals surface area contributed by atoms with Gasteiger partial charge in [0.15, 0.2) is 5.82 Å². The molecule has 0 aliphatic heterocycles. The van der Waals surface area contributed by atoms with E-state index in [0.29, 0.717) is 15.6 Å². The minimum Gasteiger partial charge on any atom is -0.478 e. The Hall–Kier alpha value is -3.82. The topological polar surface area (TPSA) is 110 Å². The van der Waals surface area contributed by atoms with Crippen LogP contribution in [0.3, 0.4) is 0 Å². The third-order valence-corrected chi connectivity index (χ3v) is 5.39. The SMILES string of the molecule is O=C(/C(=C/Nc1cc(Cl)ccc1C(=O)O)c1nnnn1-c1ccccc1)c1cccs1. The number of para-hydroxylation sites is 1. The molecule has 0 saturated carbocycles. The van der Waals surface area contributed by atoms with E-state index >= 15 is 0 Å². The van der Waals surface area contributed by atoms with E-state index in [1.165, 1.54) is 40.4 Å². The molecule has 0 atom stereocenters. The lowest BCUT2D eigenvalue weighted by atomic mass is 10.1. The number of ketones is 1. The van der Waals surface area contributed by atoms with Crippen molar-refractivity contribution in [3.63, 3.8) is 0 Å². The standard InChI is InChI=1S/C21H14ClN5O3S/c22-13-8-9-15(21(29)30)17(11-13)23-12-16(19(28)18-7-4-10-31-18)20-24-25-26-27(20)14-5-2-1-3-6-14/h1-12,23H,(H,29,30)/b16-12-. The number of tetrazole rings is 1. The number of Topliss-reactive ketones (excluding diaryl/α,β-unsaturated/α-hetero) is 1. The Balaban J connectivity index is 1.81. The molecule has 0 amide bonds. The maximum atomic E-state index is 13.2. The van der Waals surface area contributed by atoms with Crippen molar-refractivity contribution in [2.75, 3.05) is 5.32 Å². The van der Waals surface area contributed by atoms with Crippen LogP contribution in [0, 0.1) is 0 Å². The molecule has 2 N–H and O–H groups in total. The highest BCUT2D eigenvalue weighted by atomic mass is 35.5. The second-order valence-corrected chi connectivity index (χ2v) is 7.64. The number of allylic oxidation sites excluding steroid dienone is 1. The Morgan fingerprint density at radius 2 is 1.90 bits per heavy atom. The normalized spacial score (nSPS) is 11.3. The monoisotopic (exact) mass is 451 g/mol. The van der Waals surface area contributed by atoms with E-state index in [1.54, 1.807) is 29.6 Å². The van der Waals surface area contributed by atoms with Crippen molar-refractivity contribution in [1.82, 2.24) is 20.2 Å². The summed E-state index contributed by atoms with van der Waals surface area (Å²) in [5.74, 6) is -1.24. The smallest absolute Gasteiger partial charge is 0.337 e. The highest BCUT2D eigenvalue weighted by molar-refractivity contribution is 7.12.